The Bertz CT molecular complexity index is 1640. The van der Waals surface area contributed by atoms with Crippen LogP contribution in [-0.2, 0) is 11.3 Å². The maximum atomic E-state index is 13.4. The summed E-state index contributed by atoms with van der Waals surface area (Å²) in [6, 6.07) is 18.9. The molecule has 0 aliphatic carbocycles. The Morgan fingerprint density at radius 1 is 1.14 bits per heavy atom. The number of fused-ring (bicyclic) bond motifs is 2. The highest BCUT2D eigenvalue weighted by atomic mass is 19.1. The number of halogens is 1. The molecule has 1 amide bonds. The lowest BCUT2D eigenvalue weighted by Gasteiger charge is -2.18. The van der Waals surface area contributed by atoms with Crippen molar-refractivity contribution in [1.29, 1.82) is 0 Å². The fourth-order valence-corrected chi connectivity index (χ4v) is 4.48. The Balaban J connectivity index is 1.55. The number of aliphatic hydroxyl groups is 1. The molecule has 9 heteroatoms. The average Bonchev–Trinajstić information content (AvgIpc) is 3.28. The molecular weight excluding hydrogens is 475 g/mol. The number of methoxy groups -OCH3 is 1. The predicted molar refractivity (Wildman–Crippen MR) is 138 cm³/mol. The van der Waals surface area contributed by atoms with E-state index >= 15 is 0 Å². The highest BCUT2D eigenvalue weighted by Gasteiger charge is 2.24. The maximum absolute atomic E-state index is 13.4. The van der Waals surface area contributed by atoms with Crippen LogP contribution in [0, 0.1) is 5.82 Å². The molecule has 0 spiro atoms. The van der Waals surface area contributed by atoms with Crippen LogP contribution in [0.4, 0.5) is 4.39 Å². The van der Waals surface area contributed by atoms with Gasteiger partial charge >= 0.3 is 0 Å². The van der Waals surface area contributed by atoms with Crippen LogP contribution in [0.15, 0.2) is 77.7 Å². The number of hydrogen-bond donors (Lipinski definition) is 3. The number of hydrogen-bond acceptors (Lipinski definition) is 5. The normalized spacial score (nSPS) is 12.2. The van der Waals surface area contributed by atoms with Crippen molar-refractivity contribution >= 4 is 22.2 Å². The van der Waals surface area contributed by atoms with E-state index in [2.05, 4.69) is 15.4 Å². The molecule has 5 aromatic rings. The number of ether oxygens (including phenoxy) is 1. The Labute approximate surface area is 211 Å². The SMILES string of the molecule is COCc1c(C(=O)NC(CCO)c2ccc(F)cc2)nn2cc(-c3ccc4ccccc4c3)[nH]c(=O)c12. The first-order valence-corrected chi connectivity index (χ1v) is 11.8. The third-order valence-electron chi connectivity index (χ3n) is 6.28. The van der Waals surface area contributed by atoms with Crippen LogP contribution in [0.1, 0.15) is 34.1 Å². The summed E-state index contributed by atoms with van der Waals surface area (Å²) in [5, 5.41) is 18.9. The van der Waals surface area contributed by atoms with Crippen LogP contribution in [0.5, 0.6) is 0 Å². The maximum Gasteiger partial charge on any atom is 0.274 e. The largest absolute Gasteiger partial charge is 0.396 e. The van der Waals surface area contributed by atoms with Crippen molar-refractivity contribution in [1.82, 2.24) is 19.9 Å². The first-order chi connectivity index (χ1) is 18.0. The second-order valence-corrected chi connectivity index (χ2v) is 8.70. The Morgan fingerprint density at radius 3 is 2.62 bits per heavy atom. The van der Waals surface area contributed by atoms with Gasteiger partial charge in [-0.15, -0.1) is 0 Å². The second kappa shape index (κ2) is 10.3. The Morgan fingerprint density at radius 2 is 1.89 bits per heavy atom. The van der Waals surface area contributed by atoms with Gasteiger partial charge in [-0.05, 0) is 41.0 Å². The fraction of sp³-hybridized carbons (Fsp3) is 0.179. The molecule has 0 saturated carbocycles. The summed E-state index contributed by atoms with van der Waals surface area (Å²) in [5.41, 5.74) is 2.16. The van der Waals surface area contributed by atoms with Crippen molar-refractivity contribution in [3.63, 3.8) is 0 Å². The number of carbonyl (C=O) groups is 1. The molecule has 8 nitrogen and oxygen atoms in total. The zero-order chi connectivity index (χ0) is 25.9. The molecule has 3 N–H and O–H groups in total. The lowest BCUT2D eigenvalue weighted by atomic mass is 10.0. The number of nitrogens with one attached hydrogen (secondary N) is 2. The van der Waals surface area contributed by atoms with Crippen molar-refractivity contribution in [2.75, 3.05) is 13.7 Å². The molecule has 2 heterocycles. The highest BCUT2D eigenvalue weighted by molar-refractivity contribution is 5.96. The van der Waals surface area contributed by atoms with Crippen LogP contribution < -0.4 is 10.9 Å². The third-order valence-corrected chi connectivity index (χ3v) is 6.28. The van der Waals surface area contributed by atoms with Gasteiger partial charge in [-0.1, -0.05) is 48.5 Å². The van der Waals surface area contributed by atoms with E-state index in [4.69, 9.17) is 4.74 Å². The summed E-state index contributed by atoms with van der Waals surface area (Å²) in [6.07, 6.45) is 1.89. The molecule has 188 valence electrons. The number of aromatic amines is 1. The van der Waals surface area contributed by atoms with E-state index in [1.807, 2.05) is 42.5 Å². The van der Waals surface area contributed by atoms with Gasteiger partial charge in [0.05, 0.1) is 24.5 Å². The summed E-state index contributed by atoms with van der Waals surface area (Å²) >= 11 is 0. The van der Waals surface area contributed by atoms with Gasteiger partial charge in [0.15, 0.2) is 5.69 Å². The minimum Gasteiger partial charge on any atom is -0.396 e. The number of H-pyrrole nitrogens is 1. The minimum atomic E-state index is -0.579. The van der Waals surface area contributed by atoms with Crippen LogP contribution >= 0.6 is 0 Å². The molecule has 0 radical (unpaired) electrons. The van der Waals surface area contributed by atoms with E-state index in [1.54, 1.807) is 18.3 Å². The van der Waals surface area contributed by atoms with Crippen LogP contribution in [0.2, 0.25) is 0 Å². The first kappa shape index (κ1) is 24.4. The Hall–Kier alpha value is -4.34. The quantitative estimate of drug-likeness (QED) is 0.299. The number of aromatic nitrogens is 3. The molecule has 0 saturated heterocycles. The zero-order valence-electron chi connectivity index (χ0n) is 20.1. The van der Waals surface area contributed by atoms with Crippen molar-refractivity contribution in [3.8, 4) is 11.3 Å². The van der Waals surface area contributed by atoms with Gasteiger partial charge in [0.25, 0.3) is 11.5 Å². The van der Waals surface area contributed by atoms with Crippen molar-refractivity contribution < 1.29 is 19.0 Å². The number of carbonyl (C=O) groups excluding carboxylic acids is 1. The summed E-state index contributed by atoms with van der Waals surface area (Å²) in [7, 11) is 1.47. The molecule has 37 heavy (non-hydrogen) atoms. The summed E-state index contributed by atoms with van der Waals surface area (Å²) in [4.78, 5) is 29.4. The minimum absolute atomic E-state index is 0.00807. The fourth-order valence-electron chi connectivity index (χ4n) is 4.48. The van der Waals surface area contributed by atoms with Gasteiger partial charge in [-0.2, -0.15) is 5.10 Å². The molecule has 1 unspecified atom stereocenters. The average molecular weight is 501 g/mol. The first-order valence-electron chi connectivity index (χ1n) is 11.8. The second-order valence-electron chi connectivity index (χ2n) is 8.70. The standard InChI is InChI=1S/C28H25FN4O4/c1-37-16-22-25(27(35)30-23(12-13-34)18-8-10-21(29)11-9-18)32-33-15-24(31-28(36)26(22)33)20-7-6-17-4-2-3-5-19(17)14-20/h2-11,14-15,23,34H,12-13,16H2,1H3,(H,30,35)(H,31,36). The third kappa shape index (κ3) is 4.87. The van der Waals surface area contributed by atoms with Gasteiger partial charge < -0.3 is 20.1 Å². The number of rotatable bonds is 8. The van der Waals surface area contributed by atoms with Crippen LogP contribution in [0.3, 0.4) is 0 Å². The Kier molecular flexibility index (Phi) is 6.80. The van der Waals surface area contributed by atoms with Crippen molar-refractivity contribution in [3.05, 3.63) is 106 Å². The molecule has 0 aliphatic rings. The summed E-state index contributed by atoms with van der Waals surface area (Å²) < 4.78 is 20.1. The number of amides is 1. The lowest BCUT2D eigenvalue weighted by molar-refractivity contribution is 0.0920. The van der Waals surface area contributed by atoms with E-state index in [9.17, 15) is 19.1 Å². The molecule has 0 aliphatic heterocycles. The van der Waals surface area contributed by atoms with Crippen LogP contribution in [0.25, 0.3) is 27.5 Å². The van der Waals surface area contributed by atoms with E-state index in [-0.39, 0.29) is 30.8 Å². The molecule has 0 fully saturated rings. The molecule has 5 rings (SSSR count). The van der Waals surface area contributed by atoms with Gasteiger partial charge in [-0.3, -0.25) is 9.59 Å². The summed E-state index contributed by atoms with van der Waals surface area (Å²) in [6.45, 7) is -0.195. The van der Waals surface area contributed by atoms with Gasteiger partial charge in [0, 0.05) is 24.8 Å². The summed E-state index contributed by atoms with van der Waals surface area (Å²) in [5.74, 6) is -0.938. The monoisotopic (exact) mass is 500 g/mol. The van der Waals surface area contributed by atoms with Crippen molar-refractivity contribution in [2.45, 2.75) is 19.1 Å². The van der Waals surface area contributed by atoms with E-state index in [1.165, 1.54) is 23.8 Å². The van der Waals surface area contributed by atoms with E-state index < -0.39 is 23.3 Å². The van der Waals surface area contributed by atoms with E-state index in [0.717, 1.165) is 16.3 Å². The lowest BCUT2D eigenvalue weighted by Crippen LogP contribution is -2.30. The molecular formula is C28H25FN4O4. The van der Waals surface area contributed by atoms with Crippen LogP contribution in [-0.4, -0.2) is 39.3 Å². The van der Waals surface area contributed by atoms with E-state index in [0.29, 0.717) is 16.8 Å². The zero-order valence-corrected chi connectivity index (χ0v) is 20.1. The topological polar surface area (TPSA) is 109 Å². The predicted octanol–water partition coefficient (Wildman–Crippen LogP) is 3.98. The van der Waals surface area contributed by atoms with Gasteiger partial charge in [0.2, 0.25) is 0 Å². The molecule has 0 bridgehead atoms. The molecule has 3 aromatic carbocycles. The molecule has 1 atom stereocenters. The smallest absolute Gasteiger partial charge is 0.274 e. The molecule has 2 aromatic heterocycles. The highest BCUT2D eigenvalue weighted by Crippen LogP contribution is 2.24. The number of nitrogens with zero attached hydrogens (tertiary/aromatic N) is 2. The number of aliphatic hydroxyl groups excluding tert-OH is 1. The van der Waals surface area contributed by atoms with Gasteiger partial charge in [-0.25, -0.2) is 8.91 Å². The van der Waals surface area contributed by atoms with Crippen molar-refractivity contribution in [2.24, 2.45) is 0 Å². The number of benzene rings is 3. The van der Waals surface area contributed by atoms with Gasteiger partial charge in [0.1, 0.15) is 11.3 Å².